The van der Waals surface area contributed by atoms with E-state index in [0.29, 0.717) is 43.8 Å². The van der Waals surface area contributed by atoms with Crippen LogP contribution in [0.5, 0.6) is 0 Å². The van der Waals surface area contributed by atoms with E-state index >= 15 is 0 Å². The summed E-state index contributed by atoms with van der Waals surface area (Å²) < 4.78 is 29.0. The van der Waals surface area contributed by atoms with Crippen LogP contribution < -0.4 is 5.32 Å². The number of hydrogen-bond donors (Lipinski definition) is 1. The van der Waals surface area contributed by atoms with E-state index in [9.17, 15) is 18.5 Å². The first-order chi connectivity index (χ1) is 12.5. The Balaban J connectivity index is 0.00000210. The van der Waals surface area contributed by atoms with Crippen LogP contribution in [0.1, 0.15) is 30.4 Å². The van der Waals surface area contributed by atoms with Crippen LogP contribution in [0, 0.1) is 10.1 Å². The van der Waals surface area contributed by atoms with Crippen molar-refractivity contribution in [2.24, 2.45) is 0 Å². The van der Waals surface area contributed by atoms with Gasteiger partial charge in [-0.1, -0.05) is 0 Å². The number of halogens is 1. The van der Waals surface area contributed by atoms with Crippen molar-refractivity contribution >= 4 is 38.8 Å². The van der Waals surface area contributed by atoms with Crippen molar-refractivity contribution in [3.05, 3.63) is 33.9 Å². The normalized spacial score (nSPS) is 18.7. The van der Waals surface area contributed by atoms with Crippen LogP contribution in [-0.2, 0) is 23.1 Å². The van der Waals surface area contributed by atoms with E-state index in [1.807, 2.05) is 0 Å². The summed E-state index contributed by atoms with van der Waals surface area (Å²) in [4.78, 5) is 10.2. The zero-order valence-corrected chi connectivity index (χ0v) is 16.7. The van der Waals surface area contributed by atoms with Crippen molar-refractivity contribution in [3.63, 3.8) is 0 Å². The molecule has 13 heteroatoms. The largest absolute Gasteiger partial charge is 0.325 e. The summed E-state index contributed by atoms with van der Waals surface area (Å²) in [5, 5.41) is 22.4. The quantitative estimate of drug-likeness (QED) is 0.568. The Hall–Kier alpha value is -1.60. The molecule has 0 atom stereocenters. The summed E-state index contributed by atoms with van der Waals surface area (Å²) in [5.41, 5.74) is 0. The molecule has 148 valence electrons. The van der Waals surface area contributed by atoms with Crippen molar-refractivity contribution in [3.8, 4) is 0 Å². The average molecular weight is 435 g/mol. The standard InChI is InChI=1S/C14H18N6O4S2.ClH/c21-20(22)12-1-2-13(25-12)26(23,24)18-6-3-10(4-7-18)14-17-16-11-9-15-5-8-19(11)14;/h1-2,10,15H,3-9H2;1H. The minimum absolute atomic E-state index is 0. The summed E-state index contributed by atoms with van der Waals surface area (Å²) in [6.07, 6.45) is 1.33. The Kier molecular flexibility index (Phi) is 5.82. The molecule has 0 amide bonds. The van der Waals surface area contributed by atoms with Gasteiger partial charge in [0.2, 0.25) is 0 Å². The van der Waals surface area contributed by atoms with Crippen LogP contribution in [0.2, 0.25) is 0 Å². The highest BCUT2D eigenvalue weighted by Gasteiger charge is 2.34. The molecule has 0 aliphatic carbocycles. The van der Waals surface area contributed by atoms with Gasteiger partial charge in [0, 0.05) is 38.2 Å². The number of fused-ring (bicyclic) bond motifs is 1. The second kappa shape index (κ2) is 7.80. The number of piperidine rings is 1. The smallest absolute Gasteiger partial charge is 0.312 e. The molecule has 0 saturated carbocycles. The number of nitro groups is 1. The van der Waals surface area contributed by atoms with Crippen LogP contribution >= 0.6 is 23.7 Å². The van der Waals surface area contributed by atoms with E-state index in [2.05, 4.69) is 20.1 Å². The summed E-state index contributed by atoms with van der Waals surface area (Å²) in [6, 6.07) is 2.55. The third-order valence-corrected chi connectivity index (χ3v) is 8.21. The predicted molar refractivity (Wildman–Crippen MR) is 101 cm³/mol. The van der Waals surface area contributed by atoms with E-state index < -0.39 is 14.9 Å². The van der Waals surface area contributed by atoms with Gasteiger partial charge in [0.25, 0.3) is 10.0 Å². The summed E-state index contributed by atoms with van der Waals surface area (Å²) in [7, 11) is -3.69. The molecule has 4 rings (SSSR count). The third kappa shape index (κ3) is 3.72. The maximum Gasteiger partial charge on any atom is 0.325 e. The first-order valence-electron chi connectivity index (χ1n) is 8.34. The van der Waals surface area contributed by atoms with Crippen molar-refractivity contribution < 1.29 is 13.3 Å². The maximum absolute atomic E-state index is 12.7. The van der Waals surface area contributed by atoms with Gasteiger partial charge < -0.3 is 9.88 Å². The Morgan fingerprint density at radius 3 is 2.63 bits per heavy atom. The van der Waals surface area contributed by atoms with E-state index in [4.69, 9.17) is 0 Å². The molecule has 2 aliphatic heterocycles. The van der Waals surface area contributed by atoms with Gasteiger partial charge in [-0.2, -0.15) is 4.31 Å². The molecular weight excluding hydrogens is 416 g/mol. The molecule has 0 bridgehead atoms. The van der Waals surface area contributed by atoms with Gasteiger partial charge in [-0.3, -0.25) is 10.1 Å². The molecular formula is C14H19ClN6O4S2. The van der Waals surface area contributed by atoms with Gasteiger partial charge in [-0.25, -0.2) is 8.42 Å². The highest BCUT2D eigenvalue weighted by Crippen LogP contribution is 2.34. The Morgan fingerprint density at radius 2 is 1.96 bits per heavy atom. The van der Waals surface area contributed by atoms with E-state index in [1.165, 1.54) is 16.4 Å². The van der Waals surface area contributed by atoms with Gasteiger partial charge in [-0.05, 0) is 30.2 Å². The van der Waals surface area contributed by atoms with Crippen molar-refractivity contribution in [1.82, 2.24) is 24.4 Å². The van der Waals surface area contributed by atoms with Gasteiger partial charge in [0.15, 0.2) is 0 Å². The molecule has 2 aromatic rings. The lowest BCUT2D eigenvalue weighted by Gasteiger charge is -2.31. The maximum atomic E-state index is 12.7. The minimum atomic E-state index is -3.69. The van der Waals surface area contributed by atoms with Crippen LogP contribution in [-0.4, -0.2) is 52.0 Å². The van der Waals surface area contributed by atoms with Crippen molar-refractivity contribution in [1.29, 1.82) is 0 Å². The fraction of sp³-hybridized carbons (Fsp3) is 0.571. The molecule has 2 aliphatic rings. The second-order valence-electron chi connectivity index (χ2n) is 6.33. The predicted octanol–water partition coefficient (Wildman–Crippen LogP) is 1.34. The number of nitrogens with zero attached hydrogens (tertiary/aromatic N) is 5. The second-order valence-corrected chi connectivity index (χ2v) is 9.56. The van der Waals surface area contributed by atoms with Crippen LogP contribution in [0.4, 0.5) is 5.00 Å². The molecule has 10 nitrogen and oxygen atoms in total. The number of aromatic nitrogens is 3. The van der Waals surface area contributed by atoms with Crippen molar-refractivity contribution in [2.75, 3.05) is 19.6 Å². The van der Waals surface area contributed by atoms with E-state index in [1.54, 1.807) is 0 Å². The average Bonchev–Trinajstić information content (AvgIpc) is 3.30. The number of thiophene rings is 1. The lowest BCUT2D eigenvalue weighted by atomic mass is 9.97. The molecule has 1 N–H and O–H groups in total. The lowest BCUT2D eigenvalue weighted by Crippen LogP contribution is -2.38. The van der Waals surface area contributed by atoms with Crippen molar-refractivity contribution in [2.45, 2.75) is 36.1 Å². The molecule has 0 aromatic carbocycles. The van der Waals surface area contributed by atoms with E-state index in [-0.39, 0.29) is 27.5 Å². The molecule has 0 spiro atoms. The molecule has 0 unspecified atom stereocenters. The first-order valence-corrected chi connectivity index (χ1v) is 10.6. The molecule has 4 heterocycles. The van der Waals surface area contributed by atoms with Gasteiger partial charge >= 0.3 is 5.00 Å². The third-order valence-electron chi connectivity index (χ3n) is 4.81. The van der Waals surface area contributed by atoms with Crippen LogP contribution in [0.25, 0.3) is 0 Å². The highest BCUT2D eigenvalue weighted by atomic mass is 35.5. The van der Waals surface area contributed by atoms with E-state index in [0.717, 1.165) is 24.7 Å². The molecule has 2 aromatic heterocycles. The topological polar surface area (TPSA) is 123 Å². The lowest BCUT2D eigenvalue weighted by molar-refractivity contribution is -0.380. The minimum Gasteiger partial charge on any atom is -0.312 e. The Morgan fingerprint density at radius 1 is 1.22 bits per heavy atom. The SMILES string of the molecule is Cl.O=[N+]([O-])c1ccc(S(=O)(=O)N2CCC(c3nnc4n3CCNC4)CC2)s1. The number of hydrogen-bond acceptors (Lipinski definition) is 8. The fourth-order valence-electron chi connectivity index (χ4n) is 3.45. The van der Waals surface area contributed by atoms with Crippen LogP contribution in [0.3, 0.4) is 0 Å². The van der Waals surface area contributed by atoms with Crippen LogP contribution in [0.15, 0.2) is 16.3 Å². The number of rotatable bonds is 4. The highest BCUT2D eigenvalue weighted by molar-refractivity contribution is 7.91. The molecule has 0 radical (unpaired) electrons. The zero-order valence-electron chi connectivity index (χ0n) is 14.3. The Labute approximate surface area is 166 Å². The zero-order chi connectivity index (χ0) is 18.3. The summed E-state index contributed by atoms with van der Waals surface area (Å²) in [6.45, 7) is 3.16. The summed E-state index contributed by atoms with van der Waals surface area (Å²) >= 11 is 0.697. The fourth-order valence-corrected chi connectivity index (χ4v) is 6.18. The Bertz CT molecular complexity index is 935. The molecule has 27 heavy (non-hydrogen) atoms. The van der Waals surface area contributed by atoms with Gasteiger partial charge in [-0.15, -0.1) is 22.6 Å². The first kappa shape index (κ1) is 20.1. The number of nitrogens with one attached hydrogen (secondary N) is 1. The summed E-state index contributed by atoms with van der Waals surface area (Å²) in [5.74, 6) is 2.04. The number of sulfonamides is 1. The monoisotopic (exact) mass is 434 g/mol. The molecule has 1 fully saturated rings. The van der Waals surface area contributed by atoms with Gasteiger partial charge in [0.1, 0.15) is 15.9 Å². The van der Waals surface area contributed by atoms with Gasteiger partial charge in [0.05, 0.1) is 11.5 Å². The molecule has 1 saturated heterocycles.